The van der Waals surface area contributed by atoms with E-state index in [4.69, 9.17) is 5.11 Å². The molecule has 1 aliphatic rings. The Morgan fingerprint density at radius 2 is 2.05 bits per heavy atom. The summed E-state index contributed by atoms with van der Waals surface area (Å²) in [6.07, 6.45) is 0. The standard InChI is InChI=1S/C13H15N3O2S/c1-15-4-6-16(7-5-15)13-14-10-8-9(12(17)18)2-3-11(10)19-13/h2-3,8H,4-7H2,1H3,(H,17,18). The van der Waals surface area contributed by atoms with Crippen LogP contribution < -0.4 is 4.90 Å². The van der Waals surface area contributed by atoms with E-state index in [1.807, 2.05) is 6.07 Å². The number of benzene rings is 1. The van der Waals surface area contributed by atoms with E-state index in [-0.39, 0.29) is 0 Å². The van der Waals surface area contributed by atoms with Crippen LogP contribution in [-0.4, -0.2) is 54.2 Å². The first-order chi connectivity index (χ1) is 9.13. The fourth-order valence-electron chi connectivity index (χ4n) is 2.18. The van der Waals surface area contributed by atoms with Crippen molar-refractivity contribution in [3.05, 3.63) is 23.8 Å². The number of carbonyl (C=O) groups is 1. The number of hydrogen-bond donors (Lipinski definition) is 1. The average Bonchev–Trinajstić information content (AvgIpc) is 2.82. The topological polar surface area (TPSA) is 56.7 Å². The Kier molecular flexibility index (Phi) is 3.12. The zero-order valence-corrected chi connectivity index (χ0v) is 11.5. The molecule has 2 heterocycles. The Labute approximate surface area is 115 Å². The van der Waals surface area contributed by atoms with Gasteiger partial charge in [-0.3, -0.25) is 0 Å². The maximum absolute atomic E-state index is 10.9. The van der Waals surface area contributed by atoms with Gasteiger partial charge in [-0.15, -0.1) is 0 Å². The number of carboxylic acid groups (broad SMARTS) is 1. The number of fused-ring (bicyclic) bond motifs is 1. The molecule has 6 heteroatoms. The van der Waals surface area contributed by atoms with Crippen LogP contribution in [0.1, 0.15) is 10.4 Å². The lowest BCUT2D eigenvalue weighted by atomic mass is 10.2. The van der Waals surface area contributed by atoms with E-state index in [0.717, 1.165) is 41.5 Å². The Bertz CT molecular complexity index is 617. The summed E-state index contributed by atoms with van der Waals surface area (Å²) in [7, 11) is 2.12. The number of likely N-dealkylation sites (N-methyl/N-ethyl adjacent to an activating group) is 1. The van der Waals surface area contributed by atoms with Crippen LogP contribution in [-0.2, 0) is 0 Å². The van der Waals surface area contributed by atoms with Gasteiger partial charge in [0.25, 0.3) is 0 Å². The van der Waals surface area contributed by atoms with Gasteiger partial charge in [-0.05, 0) is 25.2 Å². The van der Waals surface area contributed by atoms with Gasteiger partial charge in [-0.1, -0.05) is 11.3 Å². The summed E-state index contributed by atoms with van der Waals surface area (Å²) in [5.74, 6) is -0.906. The van der Waals surface area contributed by atoms with Gasteiger partial charge in [0.15, 0.2) is 5.13 Å². The van der Waals surface area contributed by atoms with Crippen molar-refractivity contribution in [2.75, 3.05) is 38.1 Å². The summed E-state index contributed by atoms with van der Waals surface area (Å²) < 4.78 is 1.04. The third kappa shape index (κ3) is 2.41. The smallest absolute Gasteiger partial charge is 0.335 e. The van der Waals surface area contributed by atoms with Crippen molar-refractivity contribution >= 4 is 32.7 Å². The average molecular weight is 277 g/mol. The number of nitrogens with zero attached hydrogens (tertiary/aromatic N) is 3. The zero-order valence-electron chi connectivity index (χ0n) is 10.7. The van der Waals surface area contributed by atoms with Crippen molar-refractivity contribution in [3.8, 4) is 0 Å². The second kappa shape index (κ2) is 4.79. The summed E-state index contributed by atoms with van der Waals surface area (Å²) in [5.41, 5.74) is 1.07. The molecule has 0 aliphatic carbocycles. The second-order valence-electron chi connectivity index (χ2n) is 4.77. The van der Waals surface area contributed by atoms with Crippen molar-refractivity contribution < 1.29 is 9.90 Å². The van der Waals surface area contributed by atoms with Gasteiger partial charge in [0.1, 0.15) is 0 Å². The van der Waals surface area contributed by atoms with Crippen molar-refractivity contribution in [1.29, 1.82) is 0 Å². The van der Waals surface area contributed by atoms with Gasteiger partial charge in [-0.25, -0.2) is 9.78 Å². The number of rotatable bonds is 2. The predicted octanol–water partition coefficient (Wildman–Crippen LogP) is 1.75. The number of carboxylic acids is 1. The van der Waals surface area contributed by atoms with Gasteiger partial charge in [0.2, 0.25) is 0 Å². The number of thiazole rings is 1. The third-order valence-electron chi connectivity index (χ3n) is 3.40. The Morgan fingerprint density at radius 3 is 2.74 bits per heavy atom. The molecule has 1 N–H and O–H groups in total. The van der Waals surface area contributed by atoms with E-state index in [1.54, 1.807) is 23.5 Å². The van der Waals surface area contributed by atoms with Crippen LogP contribution in [0.25, 0.3) is 10.2 Å². The first-order valence-corrected chi connectivity index (χ1v) is 7.02. The summed E-state index contributed by atoms with van der Waals surface area (Å²) in [6.45, 7) is 4.02. The SMILES string of the molecule is CN1CCN(c2nc3cc(C(=O)O)ccc3s2)CC1. The molecule has 5 nitrogen and oxygen atoms in total. The monoisotopic (exact) mass is 277 g/mol. The lowest BCUT2D eigenvalue weighted by Crippen LogP contribution is -2.44. The maximum Gasteiger partial charge on any atom is 0.335 e. The molecular weight excluding hydrogens is 262 g/mol. The van der Waals surface area contributed by atoms with Gasteiger partial charge in [-0.2, -0.15) is 0 Å². The Balaban J connectivity index is 1.91. The molecule has 19 heavy (non-hydrogen) atoms. The van der Waals surface area contributed by atoms with Gasteiger partial charge in [0, 0.05) is 26.2 Å². The van der Waals surface area contributed by atoms with Crippen LogP contribution >= 0.6 is 11.3 Å². The molecule has 1 aromatic carbocycles. The molecule has 3 rings (SSSR count). The fourth-order valence-corrected chi connectivity index (χ4v) is 3.18. The van der Waals surface area contributed by atoms with E-state index in [0.29, 0.717) is 5.56 Å². The molecule has 2 aromatic rings. The van der Waals surface area contributed by atoms with Gasteiger partial charge >= 0.3 is 5.97 Å². The van der Waals surface area contributed by atoms with Crippen LogP contribution in [0.4, 0.5) is 5.13 Å². The van der Waals surface area contributed by atoms with E-state index in [1.165, 1.54) is 0 Å². The minimum absolute atomic E-state index is 0.294. The third-order valence-corrected chi connectivity index (χ3v) is 4.49. The Hall–Kier alpha value is -1.66. The number of hydrogen-bond acceptors (Lipinski definition) is 5. The highest BCUT2D eigenvalue weighted by atomic mass is 32.1. The molecular formula is C13H15N3O2S. The minimum atomic E-state index is -0.906. The van der Waals surface area contributed by atoms with Gasteiger partial charge < -0.3 is 14.9 Å². The van der Waals surface area contributed by atoms with Crippen LogP contribution in [0.5, 0.6) is 0 Å². The molecule has 0 bridgehead atoms. The summed E-state index contributed by atoms with van der Waals surface area (Å²) in [6, 6.07) is 5.13. The molecule has 0 spiro atoms. The van der Waals surface area contributed by atoms with E-state index >= 15 is 0 Å². The van der Waals surface area contributed by atoms with Crippen molar-refractivity contribution in [1.82, 2.24) is 9.88 Å². The predicted molar refractivity (Wildman–Crippen MR) is 76.3 cm³/mol. The summed E-state index contributed by atoms with van der Waals surface area (Å²) in [4.78, 5) is 20.1. The number of aromatic carboxylic acids is 1. The number of piperazine rings is 1. The number of anilines is 1. The second-order valence-corrected chi connectivity index (χ2v) is 5.78. The lowest BCUT2D eigenvalue weighted by Gasteiger charge is -2.32. The number of aromatic nitrogens is 1. The van der Waals surface area contributed by atoms with E-state index in [2.05, 4.69) is 21.8 Å². The highest BCUT2D eigenvalue weighted by Crippen LogP contribution is 2.29. The van der Waals surface area contributed by atoms with Gasteiger partial charge in [0.05, 0.1) is 15.8 Å². The molecule has 0 radical (unpaired) electrons. The van der Waals surface area contributed by atoms with Crippen LogP contribution in [0, 0.1) is 0 Å². The summed E-state index contributed by atoms with van der Waals surface area (Å²) >= 11 is 1.63. The Morgan fingerprint density at radius 1 is 1.32 bits per heavy atom. The van der Waals surface area contributed by atoms with E-state index < -0.39 is 5.97 Å². The highest BCUT2D eigenvalue weighted by Gasteiger charge is 2.18. The largest absolute Gasteiger partial charge is 0.478 e. The quantitative estimate of drug-likeness (QED) is 0.906. The van der Waals surface area contributed by atoms with Crippen molar-refractivity contribution in [2.24, 2.45) is 0 Å². The normalized spacial score (nSPS) is 17.0. The maximum atomic E-state index is 10.9. The van der Waals surface area contributed by atoms with Crippen LogP contribution in [0.3, 0.4) is 0 Å². The summed E-state index contributed by atoms with van der Waals surface area (Å²) in [5, 5.41) is 9.98. The van der Waals surface area contributed by atoms with Crippen molar-refractivity contribution in [3.63, 3.8) is 0 Å². The molecule has 1 saturated heterocycles. The zero-order chi connectivity index (χ0) is 13.4. The fraction of sp³-hybridized carbons (Fsp3) is 0.385. The molecule has 0 atom stereocenters. The molecule has 1 aliphatic heterocycles. The molecule has 0 saturated carbocycles. The molecule has 1 fully saturated rings. The van der Waals surface area contributed by atoms with Crippen LogP contribution in [0.15, 0.2) is 18.2 Å². The van der Waals surface area contributed by atoms with Crippen LogP contribution in [0.2, 0.25) is 0 Å². The molecule has 100 valence electrons. The van der Waals surface area contributed by atoms with E-state index in [9.17, 15) is 4.79 Å². The first kappa shape index (κ1) is 12.4. The highest BCUT2D eigenvalue weighted by molar-refractivity contribution is 7.22. The minimum Gasteiger partial charge on any atom is -0.478 e. The first-order valence-electron chi connectivity index (χ1n) is 6.21. The van der Waals surface area contributed by atoms with Crippen molar-refractivity contribution in [2.45, 2.75) is 0 Å². The molecule has 0 amide bonds. The molecule has 1 aromatic heterocycles. The lowest BCUT2D eigenvalue weighted by molar-refractivity contribution is 0.0697. The molecule has 0 unspecified atom stereocenters.